The van der Waals surface area contributed by atoms with Crippen LogP contribution < -0.4 is 14.8 Å². The predicted molar refractivity (Wildman–Crippen MR) is 137 cm³/mol. The van der Waals surface area contributed by atoms with Gasteiger partial charge in [0.1, 0.15) is 11.4 Å². The Kier molecular flexibility index (Phi) is 6.38. The number of carbonyl (C=O) groups excluding carboxylic acids is 1. The Morgan fingerprint density at radius 1 is 0.949 bits per heavy atom. The van der Waals surface area contributed by atoms with Crippen molar-refractivity contribution in [3.8, 4) is 11.5 Å². The summed E-state index contributed by atoms with van der Waals surface area (Å²) < 4.78 is 54.4. The highest BCUT2D eigenvalue weighted by atomic mass is 19.4. The number of rotatable bonds is 6. The van der Waals surface area contributed by atoms with Gasteiger partial charge in [0.05, 0.1) is 12.2 Å². The normalized spacial score (nSPS) is 17.8. The molecular weight excluding hydrogens is 509 g/mol. The van der Waals surface area contributed by atoms with Gasteiger partial charge in [-0.25, -0.2) is 4.68 Å². The number of halogens is 3. The lowest BCUT2D eigenvalue weighted by atomic mass is 9.96. The Labute approximate surface area is 222 Å². The average Bonchev–Trinajstić information content (AvgIpc) is 3.59. The molecule has 2 aliphatic heterocycles. The van der Waals surface area contributed by atoms with E-state index < -0.39 is 24.2 Å². The first kappa shape index (κ1) is 24.8. The van der Waals surface area contributed by atoms with Crippen molar-refractivity contribution >= 4 is 11.7 Å². The van der Waals surface area contributed by atoms with Crippen LogP contribution in [0.15, 0.2) is 85.1 Å². The van der Waals surface area contributed by atoms with Crippen LogP contribution in [-0.2, 0) is 13.1 Å². The second kappa shape index (κ2) is 10.0. The maximum absolute atomic E-state index is 14.2. The number of nitrogens with zero attached hydrogens (tertiary/aromatic N) is 3. The van der Waals surface area contributed by atoms with Crippen molar-refractivity contribution in [1.82, 2.24) is 14.7 Å². The fourth-order valence-electron chi connectivity index (χ4n) is 5.05. The first-order valence-corrected chi connectivity index (χ1v) is 12.5. The zero-order valence-electron chi connectivity index (χ0n) is 20.8. The van der Waals surface area contributed by atoms with E-state index in [0.717, 1.165) is 15.8 Å². The highest BCUT2D eigenvalue weighted by Gasteiger charge is 2.47. The average molecular weight is 535 g/mol. The van der Waals surface area contributed by atoms with Crippen molar-refractivity contribution in [2.45, 2.75) is 37.8 Å². The molecule has 1 amide bonds. The summed E-state index contributed by atoms with van der Waals surface area (Å²) in [7, 11) is 0. The summed E-state index contributed by atoms with van der Waals surface area (Å²) in [5.74, 6) is 0.650. The highest BCUT2D eigenvalue weighted by Crippen LogP contribution is 2.46. The van der Waals surface area contributed by atoms with Crippen LogP contribution in [0, 0.1) is 0 Å². The van der Waals surface area contributed by atoms with Crippen LogP contribution in [0.2, 0.25) is 0 Å². The number of fused-ring (bicyclic) bond motifs is 2. The van der Waals surface area contributed by atoms with Crippen LogP contribution in [0.1, 0.15) is 45.6 Å². The first-order chi connectivity index (χ1) is 18.9. The molecule has 7 nitrogen and oxygen atoms in total. The van der Waals surface area contributed by atoms with E-state index in [1.54, 1.807) is 23.1 Å². The maximum atomic E-state index is 14.2. The smallest absolute Gasteiger partial charge is 0.410 e. The van der Waals surface area contributed by atoms with Crippen LogP contribution >= 0.6 is 0 Å². The predicted octanol–water partition coefficient (Wildman–Crippen LogP) is 6.11. The van der Waals surface area contributed by atoms with E-state index >= 15 is 0 Å². The molecule has 0 unspecified atom stereocenters. The molecule has 3 aromatic carbocycles. The number of hydrogen-bond donors (Lipinski definition) is 1. The molecule has 1 aromatic heterocycles. The Morgan fingerprint density at radius 2 is 1.59 bits per heavy atom. The lowest BCUT2D eigenvalue weighted by Crippen LogP contribution is -2.37. The molecule has 0 spiro atoms. The number of anilines is 1. The Morgan fingerprint density at radius 3 is 2.23 bits per heavy atom. The van der Waals surface area contributed by atoms with Crippen molar-refractivity contribution in [2.75, 3.05) is 12.1 Å². The first-order valence-electron chi connectivity index (χ1n) is 12.5. The topological polar surface area (TPSA) is 68.6 Å². The van der Waals surface area contributed by atoms with E-state index in [2.05, 4.69) is 10.4 Å². The zero-order valence-corrected chi connectivity index (χ0v) is 20.8. The van der Waals surface area contributed by atoms with E-state index in [9.17, 15) is 18.0 Å². The quantitative estimate of drug-likeness (QED) is 0.323. The van der Waals surface area contributed by atoms with E-state index in [-0.39, 0.29) is 37.7 Å². The highest BCUT2D eigenvalue weighted by molar-refractivity contribution is 5.99. The lowest BCUT2D eigenvalue weighted by molar-refractivity contribution is -0.173. The molecule has 0 fully saturated rings. The second-order valence-electron chi connectivity index (χ2n) is 9.59. The van der Waals surface area contributed by atoms with Gasteiger partial charge in [0.15, 0.2) is 17.5 Å². The van der Waals surface area contributed by atoms with Crippen molar-refractivity contribution in [3.63, 3.8) is 0 Å². The molecule has 0 radical (unpaired) electrons. The van der Waals surface area contributed by atoms with Crippen LogP contribution in [0.25, 0.3) is 0 Å². The third kappa shape index (κ3) is 5.01. The number of nitrogens with one attached hydrogen (secondary N) is 1. The molecule has 0 saturated heterocycles. The third-order valence-electron chi connectivity index (χ3n) is 6.99. The van der Waals surface area contributed by atoms with Crippen LogP contribution in [0.3, 0.4) is 0 Å². The monoisotopic (exact) mass is 534 g/mol. The molecule has 1 N–H and O–H groups in total. The summed E-state index contributed by atoms with van der Waals surface area (Å²) in [4.78, 5) is 15.6. The summed E-state index contributed by atoms with van der Waals surface area (Å²) in [5.41, 5.74) is 2.50. The molecule has 10 heteroatoms. The Hall–Kier alpha value is -4.47. The van der Waals surface area contributed by atoms with Gasteiger partial charge in [-0.2, -0.15) is 18.3 Å². The van der Waals surface area contributed by atoms with E-state index in [1.165, 1.54) is 6.20 Å². The largest absolute Gasteiger partial charge is 0.454 e. The van der Waals surface area contributed by atoms with Crippen LogP contribution in [-0.4, -0.2) is 33.6 Å². The van der Waals surface area contributed by atoms with Crippen molar-refractivity contribution < 1.29 is 27.4 Å². The fourth-order valence-corrected chi connectivity index (χ4v) is 5.05. The number of aromatic nitrogens is 2. The molecule has 39 heavy (non-hydrogen) atoms. The number of amides is 1. The minimum atomic E-state index is -4.56. The van der Waals surface area contributed by atoms with Gasteiger partial charge in [-0.15, -0.1) is 0 Å². The summed E-state index contributed by atoms with van der Waals surface area (Å²) in [5, 5.41) is 7.23. The Balaban J connectivity index is 1.36. The van der Waals surface area contributed by atoms with E-state index in [1.807, 2.05) is 60.7 Å². The summed E-state index contributed by atoms with van der Waals surface area (Å²) >= 11 is 0. The second-order valence-corrected chi connectivity index (χ2v) is 9.59. The van der Waals surface area contributed by atoms with Gasteiger partial charge >= 0.3 is 6.18 Å². The van der Waals surface area contributed by atoms with Gasteiger partial charge < -0.3 is 19.7 Å². The Bertz CT molecular complexity index is 1430. The zero-order chi connectivity index (χ0) is 27.0. The molecule has 0 aliphatic carbocycles. The third-order valence-corrected chi connectivity index (χ3v) is 6.99. The number of benzene rings is 3. The molecule has 2 aliphatic rings. The SMILES string of the molecule is O=C(c1cnn2c1N[C@H](c1ccc3c(c1)OCO3)C[C@H]2C(F)(F)F)N(Cc1ccccc1)Cc1ccccc1. The van der Waals surface area contributed by atoms with E-state index in [0.29, 0.717) is 17.1 Å². The van der Waals surface area contributed by atoms with E-state index in [4.69, 9.17) is 9.47 Å². The van der Waals surface area contributed by atoms with Crippen LogP contribution in [0.4, 0.5) is 19.0 Å². The molecule has 0 bridgehead atoms. The van der Waals surface area contributed by atoms with Gasteiger partial charge in [0.25, 0.3) is 5.91 Å². The molecule has 0 saturated carbocycles. The minimum Gasteiger partial charge on any atom is -0.454 e. The molecule has 200 valence electrons. The lowest BCUT2D eigenvalue weighted by Gasteiger charge is -2.34. The van der Waals surface area contributed by atoms with Gasteiger partial charge in [-0.3, -0.25) is 4.79 Å². The fraction of sp³-hybridized carbons (Fsp3) is 0.241. The molecule has 6 rings (SSSR count). The minimum absolute atomic E-state index is 0.0439. The van der Waals surface area contributed by atoms with Gasteiger partial charge in [0, 0.05) is 19.5 Å². The van der Waals surface area contributed by atoms with Crippen molar-refractivity contribution in [1.29, 1.82) is 0 Å². The van der Waals surface area contributed by atoms with Gasteiger partial charge in [0.2, 0.25) is 6.79 Å². The van der Waals surface area contributed by atoms with Gasteiger partial charge in [-0.05, 0) is 28.8 Å². The molecule has 2 atom stereocenters. The number of hydrogen-bond acceptors (Lipinski definition) is 5. The number of carbonyl (C=O) groups is 1. The standard InChI is InChI=1S/C29H25F3N4O3/c30-29(31,32)26-14-23(21-11-12-24-25(13-21)39-18-38-24)34-27-22(15-33-36(26)27)28(37)35(16-19-7-3-1-4-8-19)17-20-9-5-2-6-10-20/h1-13,15,23,26,34H,14,16-18H2/t23-,26-/m0/s1. The van der Waals surface area contributed by atoms with Crippen molar-refractivity contribution in [2.24, 2.45) is 0 Å². The molecule has 3 heterocycles. The molecule has 4 aromatic rings. The molecular formula is C29H25F3N4O3. The van der Waals surface area contributed by atoms with Crippen molar-refractivity contribution in [3.05, 3.63) is 107 Å². The number of alkyl halides is 3. The van der Waals surface area contributed by atoms with Crippen LogP contribution in [0.5, 0.6) is 11.5 Å². The summed E-state index contributed by atoms with van der Waals surface area (Å²) in [6, 6.07) is 21.4. The summed E-state index contributed by atoms with van der Waals surface area (Å²) in [6.07, 6.45) is -3.62. The van der Waals surface area contributed by atoms with Gasteiger partial charge in [-0.1, -0.05) is 66.7 Å². The number of ether oxygens (including phenoxy) is 2. The summed E-state index contributed by atoms with van der Waals surface area (Å²) in [6.45, 7) is 0.632. The maximum Gasteiger partial charge on any atom is 0.410 e.